The number of carbonyl (C=O) groups excluding carboxylic acids is 1. The van der Waals surface area contributed by atoms with Gasteiger partial charge in [-0.15, -0.1) is 0 Å². The molecule has 0 saturated carbocycles. The molecule has 168 valence electrons. The van der Waals surface area contributed by atoms with Crippen molar-refractivity contribution in [1.29, 1.82) is 0 Å². The van der Waals surface area contributed by atoms with Crippen LogP contribution in [0.1, 0.15) is 17.0 Å². The molecule has 2 aromatic carbocycles. The molecule has 1 aliphatic heterocycles. The second-order valence-corrected chi connectivity index (χ2v) is 9.25. The van der Waals surface area contributed by atoms with Crippen molar-refractivity contribution in [3.63, 3.8) is 0 Å². The Morgan fingerprint density at radius 2 is 1.81 bits per heavy atom. The third-order valence-corrected chi connectivity index (χ3v) is 7.35. The number of esters is 1. The zero-order valence-corrected chi connectivity index (χ0v) is 18.4. The number of methoxy groups -OCH3 is 2. The number of rotatable bonds is 6. The average Bonchev–Trinajstić information content (AvgIpc) is 3.20. The van der Waals surface area contributed by atoms with Crippen molar-refractivity contribution in [2.75, 3.05) is 14.2 Å². The Balaban J connectivity index is 1.69. The van der Waals surface area contributed by atoms with E-state index in [-0.39, 0.29) is 17.9 Å². The van der Waals surface area contributed by atoms with Crippen LogP contribution in [0.5, 0.6) is 5.75 Å². The minimum absolute atomic E-state index is 0.0645. The summed E-state index contributed by atoms with van der Waals surface area (Å²) < 4.78 is 53.0. The van der Waals surface area contributed by atoms with Crippen LogP contribution in [-0.2, 0) is 39.1 Å². The Hall–Kier alpha value is -3.24. The van der Waals surface area contributed by atoms with Crippen molar-refractivity contribution in [2.24, 2.45) is 0 Å². The molecule has 8 nitrogen and oxygen atoms in total. The highest BCUT2D eigenvalue weighted by molar-refractivity contribution is 7.89. The largest absolute Gasteiger partial charge is 0.497 e. The second kappa shape index (κ2) is 8.71. The molecule has 2 heterocycles. The fourth-order valence-corrected chi connectivity index (χ4v) is 5.28. The first kappa shape index (κ1) is 22.0. The van der Waals surface area contributed by atoms with Crippen LogP contribution in [0.2, 0.25) is 0 Å². The van der Waals surface area contributed by atoms with Crippen LogP contribution in [0, 0.1) is 5.82 Å². The lowest BCUT2D eigenvalue weighted by atomic mass is 10.1. The van der Waals surface area contributed by atoms with Crippen molar-refractivity contribution in [2.45, 2.75) is 30.4 Å². The van der Waals surface area contributed by atoms with Gasteiger partial charge >= 0.3 is 5.97 Å². The highest BCUT2D eigenvalue weighted by Gasteiger charge is 2.42. The molecule has 0 saturated heterocycles. The SMILES string of the molecule is COC(=O)[C@@H]1Cc2ncn(Cc3ccc(OC)cc3)c2CN1S(=O)(=O)c1ccc(F)cc1. The molecule has 1 atom stereocenters. The summed E-state index contributed by atoms with van der Waals surface area (Å²) in [6.45, 7) is 0.407. The normalized spacial score (nSPS) is 16.4. The van der Waals surface area contributed by atoms with Crippen molar-refractivity contribution in [3.05, 3.63) is 77.6 Å². The lowest BCUT2D eigenvalue weighted by Gasteiger charge is -2.33. The summed E-state index contributed by atoms with van der Waals surface area (Å²) in [5, 5.41) is 0. The highest BCUT2D eigenvalue weighted by Crippen LogP contribution is 2.30. The maximum absolute atomic E-state index is 13.4. The topological polar surface area (TPSA) is 90.7 Å². The van der Waals surface area contributed by atoms with E-state index in [2.05, 4.69) is 4.98 Å². The molecule has 0 amide bonds. The van der Waals surface area contributed by atoms with Crippen molar-refractivity contribution in [1.82, 2.24) is 13.9 Å². The smallest absolute Gasteiger partial charge is 0.324 e. The Labute approximate surface area is 185 Å². The number of imidazole rings is 1. The van der Waals surface area contributed by atoms with Gasteiger partial charge in [0.1, 0.15) is 17.6 Å². The number of nitrogens with zero attached hydrogens (tertiary/aromatic N) is 3. The highest BCUT2D eigenvalue weighted by atomic mass is 32.2. The zero-order valence-electron chi connectivity index (χ0n) is 17.6. The number of benzene rings is 2. The van der Waals surface area contributed by atoms with Gasteiger partial charge in [0, 0.05) is 13.0 Å². The molecule has 0 radical (unpaired) electrons. The number of hydrogen-bond donors (Lipinski definition) is 0. The van der Waals surface area contributed by atoms with E-state index in [9.17, 15) is 17.6 Å². The van der Waals surface area contributed by atoms with Crippen molar-refractivity contribution in [3.8, 4) is 5.75 Å². The van der Waals surface area contributed by atoms with Crippen LogP contribution in [-0.4, -0.2) is 48.5 Å². The molecule has 1 aliphatic rings. The van der Waals surface area contributed by atoms with Gasteiger partial charge in [-0.1, -0.05) is 12.1 Å². The molecule has 32 heavy (non-hydrogen) atoms. The van der Waals surface area contributed by atoms with E-state index in [4.69, 9.17) is 9.47 Å². The van der Waals surface area contributed by atoms with Gasteiger partial charge in [-0.05, 0) is 42.0 Å². The van der Waals surface area contributed by atoms with Gasteiger partial charge in [-0.2, -0.15) is 4.31 Å². The number of halogens is 1. The van der Waals surface area contributed by atoms with E-state index >= 15 is 0 Å². The molecule has 0 spiro atoms. The molecule has 4 rings (SSSR count). The predicted octanol–water partition coefficient (Wildman–Crippen LogP) is 2.37. The third-order valence-electron chi connectivity index (χ3n) is 5.48. The molecule has 0 aliphatic carbocycles. The maximum Gasteiger partial charge on any atom is 0.324 e. The standard InChI is InChI=1S/C22H22FN3O5S/c1-30-17-7-3-15(4-8-17)12-25-14-24-19-11-20(22(27)31-2)26(13-21(19)25)32(28,29)18-9-5-16(23)6-10-18/h3-10,14,20H,11-13H2,1-2H3/t20-/m0/s1. The minimum Gasteiger partial charge on any atom is -0.497 e. The fourth-order valence-electron chi connectivity index (χ4n) is 3.74. The van der Waals surface area contributed by atoms with Crippen LogP contribution >= 0.6 is 0 Å². The number of sulfonamides is 1. The summed E-state index contributed by atoms with van der Waals surface area (Å²) in [6, 6.07) is 11.0. The number of hydrogen-bond acceptors (Lipinski definition) is 6. The molecule has 3 aromatic rings. The van der Waals surface area contributed by atoms with Gasteiger partial charge in [0.15, 0.2) is 0 Å². The predicted molar refractivity (Wildman–Crippen MR) is 113 cm³/mol. The summed E-state index contributed by atoms with van der Waals surface area (Å²) in [5.41, 5.74) is 2.31. The summed E-state index contributed by atoms with van der Waals surface area (Å²) in [4.78, 5) is 16.8. The first-order valence-electron chi connectivity index (χ1n) is 9.84. The summed E-state index contributed by atoms with van der Waals surface area (Å²) in [5.74, 6) is -0.489. The summed E-state index contributed by atoms with van der Waals surface area (Å²) >= 11 is 0. The van der Waals surface area contributed by atoms with Crippen LogP contribution in [0.3, 0.4) is 0 Å². The lowest BCUT2D eigenvalue weighted by Crippen LogP contribution is -2.49. The Morgan fingerprint density at radius 3 is 2.44 bits per heavy atom. The quantitative estimate of drug-likeness (QED) is 0.526. The summed E-state index contributed by atoms with van der Waals surface area (Å²) in [7, 11) is -1.29. The lowest BCUT2D eigenvalue weighted by molar-refractivity contribution is -0.145. The van der Waals surface area contributed by atoms with Crippen LogP contribution in [0.15, 0.2) is 59.8 Å². The van der Waals surface area contributed by atoms with E-state index in [1.54, 1.807) is 13.4 Å². The van der Waals surface area contributed by atoms with Gasteiger partial charge in [0.05, 0.1) is 43.4 Å². The number of aromatic nitrogens is 2. The van der Waals surface area contributed by atoms with E-state index in [1.165, 1.54) is 19.2 Å². The van der Waals surface area contributed by atoms with Gasteiger partial charge in [0.2, 0.25) is 10.0 Å². The van der Waals surface area contributed by atoms with Gasteiger partial charge < -0.3 is 14.0 Å². The third kappa shape index (κ3) is 4.11. The molecule has 0 fully saturated rings. The monoisotopic (exact) mass is 459 g/mol. The van der Waals surface area contributed by atoms with Gasteiger partial charge in [0.25, 0.3) is 0 Å². The fraction of sp³-hybridized carbons (Fsp3) is 0.273. The maximum atomic E-state index is 13.4. The van der Waals surface area contributed by atoms with E-state index in [0.29, 0.717) is 17.9 Å². The van der Waals surface area contributed by atoms with E-state index in [0.717, 1.165) is 27.8 Å². The van der Waals surface area contributed by atoms with Crippen molar-refractivity contribution < 1.29 is 27.1 Å². The zero-order chi connectivity index (χ0) is 22.9. The molecular weight excluding hydrogens is 437 g/mol. The average molecular weight is 459 g/mol. The van der Waals surface area contributed by atoms with Crippen LogP contribution < -0.4 is 4.74 Å². The number of fused-ring (bicyclic) bond motifs is 1. The van der Waals surface area contributed by atoms with E-state index < -0.39 is 27.9 Å². The van der Waals surface area contributed by atoms with Crippen molar-refractivity contribution >= 4 is 16.0 Å². The molecule has 0 bridgehead atoms. The molecule has 10 heteroatoms. The molecule has 1 aromatic heterocycles. The second-order valence-electron chi connectivity index (χ2n) is 7.36. The summed E-state index contributed by atoms with van der Waals surface area (Å²) in [6.07, 6.45) is 1.72. The van der Waals surface area contributed by atoms with Crippen LogP contribution in [0.25, 0.3) is 0 Å². The first-order chi connectivity index (χ1) is 15.3. The molecule has 0 N–H and O–H groups in total. The minimum atomic E-state index is -4.09. The van der Waals surface area contributed by atoms with Gasteiger partial charge in [-0.3, -0.25) is 4.79 Å². The number of carbonyl (C=O) groups is 1. The Morgan fingerprint density at radius 1 is 1.12 bits per heavy atom. The first-order valence-corrected chi connectivity index (χ1v) is 11.3. The molecule has 0 unspecified atom stereocenters. The van der Waals surface area contributed by atoms with E-state index in [1.807, 2.05) is 28.8 Å². The number of ether oxygens (including phenoxy) is 2. The van der Waals surface area contributed by atoms with Crippen LogP contribution in [0.4, 0.5) is 4.39 Å². The van der Waals surface area contributed by atoms with Gasteiger partial charge in [-0.25, -0.2) is 17.8 Å². The molecular formula is C22H22FN3O5S. The Kier molecular flexibility index (Phi) is 5.98. The Bertz CT molecular complexity index is 1220.